The van der Waals surface area contributed by atoms with Crippen LogP contribution in [0.5, 0.6) is 0 Å². The van der Waals surface area contributed by atoms with Crippen molar-refractivity contribution in [3.8, 4) is 0 Å². The van der Waals surface area contributed by atoms with Crippen LogP contribution in [0, 0.1) is 0 Å². The third-order valence-electron chi connectivity index (χ3n) is 4.45. The fraction of sp³-hybridized carbons (Fsp3) is 0.611. The summed E-state index contributed by atoms with van der Waals surface area (Å²) in [6.07, 6.45) is 7.53. The number of hydrogen-bond donors (Lipinski definition) is 1. The van der Waals surface area contributed by atoms with Crippen molar-refractivity contribution in [2.24, 2.45) is 0 Å². The molecule has 0 amide bonds. The molecule has 3 rings (SSSR count). The van der Waals surface area contributed by atoms with Crippen LogP contribution in [0.15, 0.2) is 12.1 Å². The number of hydrogen-bond acceptors (Lipinski definition) is 2. The van der Waals surface area contributed by atoms with Gasteiger partial charge >= 0.3 is 0 Å². The molecular formula is C18H27N3. The molecule has 1 aromatic heterocycles. The zero-order valence-electron chi connectivity index (χ0n) is 13.4. The van der Waals surface area contributed by atoms with Crippen LogP contribution >= 0.6 is 0 Å². The smallest absolute Gasteiger partial charge is 0.121 e. The third kappa shape index (κ3) is 3.29. The Kier molecular flexibility index (Phi) is 4.59. The van der Waals surface area contributed by atoms with E-state index in [1.807, 2.05) is 0 Å². The summed E-state index contributed by atoms with van der Waals surface area (Å²) in [5.41, 5.74) is 5.42. The zero-order valence-corrected chi connectivity index (χ0v) is 13.4. The van der Waals surface area contributed by atoms with Crippen molar-refractivity contribution >= 4 is 11.0 Å². The third-order valence-corrected chi connectivity index (χ3v) is 4.45. The summed E-state index contributed by atoms with van der Waals surface area (Å²) in [6, 6.07) is 4.65. The van der Waals surface area contributed by atoms with E-state index in [-0.39, 0.29) is 0 Å². The molecule has 3 heteroatoms. The fourth-order valence-electron chi connectivity index (χ4n) is 3.48. The number of aryl methyl sites for hydroxylation is 2. The fourth-order valence-corrected chi connectivity index (χ4v) is 3.48. The van der Waals surface area contributed by atoms with Gasteiger partial charge < -0.3 is 4.98 Å². The van der Waals surface area contributed by atoms with Crippen LogP contribution in [-0.2, 0) is 19.4 Å². The van der Waals surface area contributed by atoms with Gasteiger partial charge in [-0.25, -0.2) is 4.98 Å². The van der Waals surface area contributed by atoms with Crippen LogP contribution in [0.3, 0.4) is 0 Å². The Labute approximate surface area is 127 Å². The van der Waals surface area contributed by atoms with Crippen LogP contribution in [0.25, 0.3) is 11.0 Å². The second-order valence-corrected chi connectivity index (χ2v) is 6.30. The van der Waals surface area contributed by atoms with Crippen LogP contribution in [0.1, 0.15) is 56.5 Å². The molecule has 0 saturated carbocycles. The first-order valence-electron chi connectivity index (χ1n) is 8.53. The van der Waals surface area contributed by atoms with Gasteiger partial charge in [0.1, 0.15) is 5.82 Å². The quantitative estimate of drug-likeness (QED) is 0.868. The molecule has 2 aromatic rings. The predicted molar refractivity (Wildman–Crippen MR) is 88.6 cm³/mol. The minimum absolute atomic E-state index is 0.945. The monoisotopic (exact) mass is 285 g/mol. The van der Waals surface area contributed by atoms with Crippen molar-refractivity contribution in [3.63, 3.8) is 0 Å². The highest BCUT2D eigenvalue weighted by atomic mass is 15.1. The lowest BCUT2D eigenvalue weighted by atomic mass is 9.91. The lowest BCUT2D eigenvalue weighted by molar-refractivity contribution is 0.261. The number of nitrogens with zero attached hydrogens (tertiary/aromatic N) is 2. The standard InChI is InChI=1S/C18H27N3/c1-3-9-21(10-4-2)13-18-19-16-11-14-7-5-6-8-15(14)12-17(16)20-18/h11-12H,3-10,13H2,1-2H3,(H,19,20). The Hall–Kier alpha value is -1.35. The minimum Gasteiger partial charge on any atom is -0.341 e. The highest BCUT2D eigenvalue weighted by Crippen LogP contribution is 2.25. The maximum absolute atomic E-state index is 4.83. The van der Waals surface area contributed by atoms with E-state index in [0.29, 0.717) is 0 Å². The predicted octanol–water partition coefficient (Wildman–Crippen LogP) is 4.06. The van der Waals surface area contributed by atoms with Crippen molar-refractivity contribution in [2.45, 2.75) is 58.9 Å². The lowest BCUT2D eigenvalue weighted by Crippen LogP contribution is -2.25. The van der Waals surface area contributed by atoms with Crippen molar-refractivity contribution < 1.29 is 0 Å². The second-order valence-electron chi connectivity index (χ2n) is 6.30. The average molecular weight is 285 g/mol. The van der Waals surface area contributed by atoms with Crippen LogP contribution in [-0.4, -0.2) is 28.0 Å². The van der Waals surface area contributed by atoms with Crippen molar-refractivity contribution in [2.75, 3.05) is 13.1 Å². The van der Waals surface area contributed by atoms with Crippen LogP contribution in [0.2, 0.25) is 0 Å². The number of nitrogens with one attached hydrogen (secondary N) is 1. The molecule has 1 N–H and O–H groups in total. The first-order valence-corrected chi connectivity index (χ1v) is 8.53. The molecule has 1 aliphatic rings. The maximum Gasteiger partial charge on any atom is 0.121 e. The summed E-state index contributed by atoms with van der Waals surface area (Å²) >= 11 is 0. The summed E-state index contributed by atoms with van der Waals surface area (Å²) in [4.78, 5) is 10.9. The molecule has 1 heterocycles. The van der Waals surface area contributed by atoms with Gasteiger partial charge in [0.05, 0.1) is 17.6 Å². The highest BCUT2D eigenvalue weighted by molar-refractivity contribution is 5.77. The molecular weight excluding hydrogens is 258 g/mol. The molecule has 0 radical (unpaired) electrons. The van der Waals surface area contributed by atoms with Crippen molar-refractivity contribution in [1.82, 2.24) is 14.9 Å². The van der Waals surface area contributed by atoms with Crippen LogP contribution < -0.4 is 0 Å². The molecule has 0 saturated heterocycles. The van der Waals surface area contributed by atoms with Gasteiger partial charge in [-0.05, 0) is 74.9 Å². The molecule has 0 bridgehead atoms. The van der Waals surface area contributed by atoms with E-state index in [4.69, 9.17) is 4.98 Å². The summed E-state index contributed by atoms with van der Waals surface area (Å²) in [5, 5.41) is 0. The van der Waals surface area contributed by atoms with Gasteiger partial charge in [0, 0.05) is 0 Å². The van der Waals surface area contributed by atoms with Gasteiger partial charge in [0.2, 0.25) is 0 Å². The molecule has 0 aliphatic heterocycles. The molecule has 0 spiro atoms. The van der Waals surface area contributed by atoms with Gasteiger partial charge in [-0.2, -0.15) is 0 Å². The number of aromatic nitrogens is 2. The Morgan fingerprint density at radius 2 is 1.71 bits per heavy atom. The summed E-state index contributed by atoms with van der Waals surface area (Å²) in [7, 11) is 0. The summed E-state index contributed by atoms with van der Waals surface area (Å²) in [5.74, 6) is 1.12. The Morgan fingerprint density at radius 3 is 2.38 bits per heavy atom. The van der Waals surface area contributed by atoms with Gasteiger partial charge in [-0.3, -0.25) is 4.90 Å². The molecule has 1 aromatic carbocycles. The Balaban J connectivity index is 1.83. The zero-order chi connectivity index (χ0) is 14.7. The van der Waals surface area contributed by atoms with E-state index in [1.54, 1.807) is 0 Å². The molecule has 0 unspecified atom stereocenters. The number of aromatic amines is 1. The van der Waals surface area contributed by atoms with E-state index in [2.05, 4.69) is 35.9 Å². The van der Waals surface area contributed by atoms with E-state index >= 15 is 0 Å². The van der Waals surface area contributed by atoms with E-state index in [9.17, 15) is 0 Å². The van der Waals surface area contributed by atoms with Gasteiger partial charge in [-0.1, -0.05) is 13.8 Å². The number of rotatable bonds is 6. The molecule has 0 fully saturated rings. The lowest BCUT2D eigenvalue weighted by Gasteiger charge is -2.19. The van der Waals surface area contributed by atoms with Crippen LogP contribution in [0.4, 0.5) is 0 Å². The number of H-pyrrole nitrogens is 1. The molecule has 0 atom stereocenters. The maximum atomic E-state index is 4.83. The number of benzene rings is 1. The number of fused-ring (bicyclic) bond motifs is 2. The van der Waals surface area contributed by atoms with Gasteiger partial charge in [-0.15, -0.1) is 0 Å². The van der Waals surface area contributed by atoms with E-state index in [1.165, 1.54) is 55.2 Å². The normalized spacial score (nSPS) is 14.8. The first kappa shape index (κ1) is 14.6. The minimum atomic E-state index is 0.945. The molecule has 1 aliphatic carbocycles. The van der Waals surface area contributed by atoms with E-state index < -0.39 is 0 Å². The largest absolute Gasteiger partial charge is 0.341 e. The molecule has 21 heavy (non-hydrogen) atoms. The molecule has 114 valence electrons. The average Bonchev–Trinajstić information content (AvgIpc) is 2.86. The summed E-state index contributed by atoms with van der Waals surface area (Å²) < 4.78 is 0. The van der Waals surface area contributed by atoms with Gasteiger partial charge in [0.25, 0.3) is 0 Å². The Morgan fingerprint density at radius 1 is 1.05 bits per heavy atom. The van der Waals surface area contributed by atoms with Gasteiger partial charge in [0.15, 0.2) is 0 Å². The second kappa shape index (κ2) is 6.61. The van der Waals surface area contributed by atoms with E-state index in [0.717, 1.165) is 31.0 Å². The summed E-state index contributed by atoms with van der Waals surface area (Å²) in [6.45, 7) is 7.74. The number of imidazole rings is 1. The topological polar surface area (TPSA) is 31.9 Å². The molecule has 3 nitrogen and oxygen atoms in total. The first-order chi connectivity index (χ1) is 10.3. The highest BCUT2D eigenvalue weighted by Gasteiger charge is 2.13. The Bertz CT molecular complexity index is 551. The SMILES string of the molecule is CCCN(CCC)Cc1nc2cc3c(cc2[nH]1)CCCC3. The van der Waals surface area contributed by atoms with Crippen molar-refractivity contribution in [3.05, 3.63) is 29.1 Å². The van der Waals surface area contributed by atoms with Crippen molar-refractivity contribution in [1.29, 1.82) is 0 Å².